The van der Waals surface area contributed by atoms with Crippen LogP contribution in [0.15, 0.2) is 33.9 Å². The highest BCUT2D eigenvalue weighted by Gasteiger charge is 2.17. The highest BCUT2D eigenvalue weighted by atomic mass is 32.2. The molecule has 124 valence electrons. The number of carbonyl (C=O) groups is 1. The lowest BCUT2D eigenvalue weighted by molar-refractivity contribution is 0.0946. The summed E-state index contributed by atoms with van der Waals surface area (Å²) in [5.41, 5.74) is 1.64. The van der Waals surface area contributed by atoms with Crippen molar-refractivity contribution in [1.82, 2.24) is 15.5 Å². The third kappa shape index (κ3) is 4.38. The summed E-state index contributed by atoms with van der Waals surface area (Å²) >= 11 is 0. The number of hydrogen-bond acceptors (Lipinski definition) is 6. The summed E-state index contributed by atoms with van der Waals surface area (Å²) in [6, 6.07) is 7.30. The molecular formula is C15H19N3O4S. The van der Waals surface area contributed by atoms with Gasteiger partial charge in [0.2, 0.25) is 15.7 Å². The van der Waals surface area contributed by atoms with Crippen molar-refractivity contribution in [2.24, 2.45) is 0 Å². The molecular weight excluding hydrogens is 318 g/mol. The molecule has 1 N–H and O–H groups in total. The number of rotatable bonds is 4. The van der Waals surface area contributed by atoms with E-state index in [1.54, 1.807) is 12.1 Å². The van der Waals surface area contributed by atoms with Gasteiger partial charge in [0.1, 0.15) is 0 Å². The molecule has 0 spiro atoms. The maximum Gasteiger partial charge on any atom is 0.335 e. The van der Waals surface area contributed by atoms with Gasteiger partial charge in [0.05, 0.1) is 6.54 Å². The molecule has 1 amide bonds. The highest BCUT2D eigenvalue weighted by molar-refractivity contribution is 7.90. The van der Waals surface area contributed by atoms with E-state index in [9.17, 15) is 13.2 Å². The summed E-state index contributed by atoms with van der Waals surface area (Å²) in [4.78, 5) is 12.1. The molecule has 0 saturated carbocycles. The van der Waals surface area contributed by atoms with Crippen LogP contribution in [0.5, 0.6) is 0 Å². The molecule has 8 heteroatoms. The van der Waals surface area contributed by atoms with E-state index in [2.05, 4.69) is 36.3 Å². The molecule has 0 radical (unpaired) electrons. The zero-order valence-corrected chi connectivity index (χ0v) is 14.3. The second-order valence-corrected chi connectivity index (χ2v) is 8.14. The van der Waals surface area contributed by atoms with Gasteiger partial charge >= 0.3 is 5.22 Å². The zero-order valence-electron chi connectivity index (χ0n) is 13.5. The van der Waals surface area contributed by atoms with Crippen LogP contribution in [0.4, 0.5) is 0 Å². The highest BCUT2D eigenvalue weighted by Crippen LogP contribution is 2.22. The van der Waals surface area contributed by atoms with E-state index in [1.165, 1.54) is 0 Å². The Morgan fingerprint density at radius 3 is 2.26 bits per heavy atom. The molecule has 0 aliphatic carbocycles. The lowest BCUT2D eigenvalue weighted by Gasteiger charge is -2.18. The Labute approximate surface area is 135 Å². The Morgan fingerprint density at radius 1 is 1.17 bits per heavy atom. The van der Waals surface area contributed by atoms with Crippen molar-refractivity contribution in [3.8, 4) is 0 Å². The van der Waals surface area contributed by atoms with Gasteiger partial charge in [-0.15, -0.1) is 5.10 Å². The van der Waals surface area contributed by atoms with Gasteiger partial charge < -0.3 is 9.73 Å². The average molecular weight is 337 g/mol. The lowest BCUT2D eigenvalue weighted by Crippen LogP contribution is -2.23. The smallest absolute Gasteiger partial charge is 0.335 e. The van der Waals surface area contributed by atoms with Crippen LogP contribution in [0.25, 0.3) is 0 Å². The number of nitrogens with zero attached hydrogens (tertiary/aromatic N) is 2. The minimum Gasteiger partial charge on any atom is -0.411 e. The normalized spacial score (nSPS) is 12.2. The van der Waals surface area contributed by atoms with Crippen LogP contribution in [0, 0.1) is 0 Å². The molecule has 0 aliphatic rings. The number of hydrogen-bond donors (Lipinski definition) is 1. The molecule has 0 aliphatic heterocycles. The minimum absolute atomic E-state index is 0.0147. The lowest BCUT2D eigenvalue weighted by atomic mass is 9.87. The summed E-state index contributed by atoms with van der Waals surface area (Å²) < 4.78 is 27.4. The first-order chi connectivity index (χ1) is 10.6. The third-order valence-electron chi connectivity index (χ3n) is 3.18. The van der Waals surface area contributed by atoms with E-state index < -0.39 is 15.1 Å². The van der Waals surface area contributed by atoms with Crippen molar-refractivity contribution in [2.75, 3.05) is 6.26 Å². The van der Waals surface area contributed by atoms with E-state index in [-0.39, 0.29) is 23.8 Å². The fourth-order valence-corrected chi connectivity index (χ4v) is 2.28. The maximum atomic E-state index is 12.1. The van der Waals surface area contributed by atoms with Gasteiger partial charge in [-0.25, -0.2) is 8.42 Å². The molecule has 0 saturated heterocycles. The second kappa shape index (κ2) is 6.11. The first kappa shape index (κ1) is 17.1. The number of amides is 1. The van der Waals surface area contributed by atoms with Crippen molar-refractivity contribution in [3.05, 3.63) is 41.3 Å². The summed E-state index contributed by atoms with van der Waals surface area (Å²) in [5, 5.41) is 9.15. The summed E-state index contributed by atoms with van der Waals surface area (Å²) in [6.45, 7) is 6.24. The Kier molecular flexibility index (Phi) is 4.56. The number of nitrogens with one attached hydrogen (secondary N) is 1. The van der Waals surface area contributed by atoms with Crippen LogP contribution in [-0.4, -0.2) is 30.8 Å². The SMILES string of the molecule is CC(C)(C)c1ccc(C(=O)NCc2nnc(S(C)(=O)=O)o2)cc1. The largest absolute Gasteiger partial charge is 0.411 e. The Hall–Kier alpha value is -2.22. The molecule has 23 heavy (non-hydrogen) atoms. The molecule has 2 aromatic rings. The monoisotopic (exact) mass is 337 g/mol. The fraction of sp³-hybridized carbons (Fsp3) is 0.400. The molecule has 1 aromatic heterocycles. The summed E-state index contributed by atoms with van der Waals surface area (Å²) in [7, 11) is -3.54. The molecule has 1 heterocycles. The molecule has 0 atom stereocenters. The quantitative estimate of drug-likeness (QED) is 0.911. The molecule has 0 bridgehead atoms. The Morgan fingerprint density at radius 2 is 1.78 bits per heavy atom. The predicted molar refractivity (Wildman–Crippen MR) is 83.7 cm³/mol. The molecule has 0 fully saturated rings. The molecule has 1 aromatic carbocycles. The van der Waals surface area contributed by atoms with Gasteiger partial charge in [0, 0.05) is 11.8 Å². The van der Waals surface area contributed by atoms with Crippen molar-refractivity contribution >= 4 is 15.7 Å². The van der Waals surface area contributed by atoms with Gasteiger partial charge in [0.25, 0.3) is 5.91 Å². The zero-order chi connectivity index (χ0) is 17.3. The summed E-state index contributed by atoms with van der Waals surface area (Å²) in [5.74, 6) is -0.269. The molecule has 0 unspecified atom stereocenters. The van der Waals surface area contributed by atoms with Crippen molar-refractivity contribution in [1.29, 1.82) is 0 Å². The van der Waals surface area contributed by atoms with E-state index in [1.807, 2.05) is 12.1 Å². The van der Waals surface area contributed by atoms with Gasteiger partial charge in [-0.3, -0.25) is 4.79 Å². The number of benzene rings is 1. The van der Waals surface area contributed by atoms with Crippen LogP contribution in [-0.2, 0) is 21.8 Å². The van der Waals surface area contributed by atoms with Gasteiger partial charge in [-0.1, -0.05) is 38.0 Å². The first-order valence-electron chi connectivity index (χ1n) is 6.98. The van der Waals surface area contributed by atoms with E-state index in [4.69, 9.17) is 4.42 Å². The van der Waals surface area contributed by atoms with Crippen molar-refractivity contribution in [2.45, 2.75) is 38.0 Å². The Bertz CT molecular complexity index is 802. The first-order valence-corrected chi connectivity index (χ1v) is 8.88. The minimum atomic E-state index is -3.54. The Balaban J connectivity index is 2.01. The van der Waals surface area contributed by atoms with Gasteiger partial charge in [-0.2, -0.15) is 0 Å². The van der Waals surface area contributed by atoms with E-state index >= 15 is 0 Å². The van der Waals surface area contributed by atoms with E-state index in [0.29, 0.717) is 5.56 Å². The summed E-state index contributed by atoms with van der Waals surface area (Å²) in [6.07, 6.45) is 0.972. The van der Waals surface area contributed by atoms with Gasteiger partial charge in [-0.05, 0) is 23.1 Å². The van der Waals surface area contributed by atoms with Crippen LogP contribution < -0.4 is 5.32 Å². The van der Waals surface area contributed by atoms with Crippen LogP contribution in [0.2, 0.25) is 0 Å². The van der Waals surface area contributed by atoms with Crippen molar-refractivity contribution in [3.63, 3.8) is 0 Å². The van der Waals surface area contributed by atoms with Crippen LogP contribution in [0.3, 0.4) is 0 Å². The third-order valence-corrected chi connectivity index (χ3v) is 3.98. The number of aromatic nitrogens is 2. The van der Waals surface area contributed by atoms with Gasteiger partial charge in [0.15, 0.2) is 0 Å². The van der Waals surface area contributed by atoms with Crippen molar-refractivity contribution < 1.29 is 17.6 Å². The van der Waals surface area contributed by atoms with Crippen LogP contribution >= 0.6 is 0 Å². The van der Waals surface area contributed by atoms with E-state index in [0.717, 1.165) is 11.8 Å². The second-order valence-electron chi connectivity index (χ2n) is 6.24. The predicted octanol–water partition coefficient (Wildman–Crippen LogP) is 1.70. The molecule has 7 nitrogen and oxygen atoms in total. The average Bonchev–Trinajstić information content (AvgIpc) is 2.93. The van der Waals surface area contributed by atoms with Crippen LogP contribution in [0.1, 0.15) is 42.6 Å². The fourth-order valence-electron chi connectivity index (χ4n) is 1.84. The maximum absolute atomic E-state index is 12.1. The standard InChI is InChI=1S/C15H19N3O4S/c1-15(2,3)11-7-5-10(6-8-11)13(19)16-9-12-17-18-14(22-12)23(4,20)21/h5-8H,9H2,1-4H3,(H,16,19). The topological polar surface area (TPSA) is 102 Å². The number of sulfone groups is 1. The number of carbonyl (C=O) groups excluding carboxylic acids is 1. The molecule has 2 rings (SSSR count).